The topological polar surface area (TPSA) is 432 Å². The third kappa shape index (κ3) is 31.4. The molecule has 8 aromatic carbocycles. The summed E-state index contributed by atoms with van der Waals surface area (Å²) in [6, 6.07) is 46.2. The Balaban J connectivity index is 0.000000177. The van der Waals surface area contributed by atoms with Crippen molar-refractivity contribution in [3.8, 4) is 11.4 Å². The number of carbonyl (C=O) groups is 8. The van der Waals surface area contributed by atoms with E-state index in [1.54, 1.807) is 112 Å². The summed E-state index contributed by atoms with van der Waals surface area (Å²) in [7, 11) is 0. The molecule has 16 rings (SSSR count). The molecule has 4 aliphatic rings. The monoisotopic (exact) mass is 2080 g/mol. The summed E-state index contributed by atoms with van der Waals surface area (Å²) >= 11 is 0. The van der Waals surface area contributed by atoms with Gasteiger partial charge in [-0.3, -0.25) is 38.0 Å². The van der Waals surface area contributed by atoms with Gasteiger partial charge in [0.25, 0.3) is 11.8 Å². The molecule has 4 saturated heterocycles. The van der Waals surface area contributed by atoms with E-state index in [9.17, 15) is 96.1 Å². The van der Waals surface area contributed by atoms with Crippen molar-refractivity contribution in [2.24, 2.45) is 0 Å². The number of nitrogens with zero attached hydrogens (tertiary/aromatic N) is 15. The lowest BCUT2D eigenvalue weighted by Gasteiger charge is -2.37. The highest BCUT2D eigenvalue weighted by molar-refractivity contribution is 6.10. The van der Waals surface area contributed by atoms with Gasteiger partial charge in [-0.25, -0.2) is 19.4 Å². The summed E-state index contributed by atoms with van der Waals surface area (Å²) in [6.07, 6.45) is -18.5. The van der Waals surface area contributed by atoms with E-state index in [1.165, 1.54) is 10.7 Å². The second-order valence-electron chi connectivity index (χ2n) is 37.3. The van der Waals surface area contributed by atoms with E-state index in [0.717, 1.165) is 112 Å². The van der Waals surface area contributed by atoms with E-state index in [-0.39, 0.29) is 83.3 Å². The number of piperazine rings is 4. The number of hydrogen-bond acceptors (Lipinski definition) is 22. The fraction of sp³-hybridized carbons (Fsp3) is 0.359. The predicted molar refractivity (Wildman–Crippen MR) is 541 cm³/mol. The van der Waals surface area contributed by atoms with Crippen LogP contribution in [0.4, 0.5) is 119 Å². The smallest absolute Gasteiger partial charge is 0.416 e. The van der Waals surface area contributed by atoms with Crippen LogP contribution in [-0.4, -0.2) is 233 Å². The second-order valence-corrected chi connectivity index (χ2v) is 37.3. The van der Waals surface area contributed by atoms with Crippen LogP contribution < -0.4 is 53.2 Å². The van der Waals surface area contributed by atoms with Gasteiger partial charge in [0.1, 0.15) is 36.7 Å². The molecule has 4 fully saturated rings. The summed E-state index contributed by atoms with van der Waals surface area (Å²) in [5, 5.41) is 35.6. The Kier molecular flexibility index (Phi) is 36.4. The van der Waals surface area contributed by atoms with Crippen LogP contribution in [0.3, 0.4) is 0 Å². The number of carboxylic acid groups (broad SMARTS) is 2. The Bertz CT molecular complexity index is 6750. The maximum atomic E-state index is 13.1. The zero-order chi connectivity index (χ0) is 109. The number of rotatable bonds is 16. The highest BCUT2D eigenvalue weighted by atomic mass is 19.4. The van der Waals surface area contributed by atoms with Crippen molar-refractivity contribution < 1.29 is 111 Å². The lowest BCUT2D eigenvalue weighted by molar-refractivity contribution is -0.138. The van der Waals surface area contributed by atoms with Crippen molar-refractivity contribution in [1.29, 1.82) is 0 Å². The van der Waals surface area contributed by atoms with Gasteiger partial charge in [-0.1, -0.05) is 48.5 Å². The standard InChI is InChI=1S/C25H27F3N6O2.C25H25F3N6O.C23H27F3N4O3.C16H22N2O4.C7H7F3N2.C7H10N2O2/c1-16-13-17(2)34(31-16)15-23(35)33-11-9-32(10-12-33)22-6-4-3-5-19(22)24(36)30-21-8-7-18(14-20(21)29)25(26,27)28;1-16-13-17(2)34(31-16)15-23(35)33-11-9-32(10-12-33)22-6-4-3-5-19(22)24-29-20-8-7-18(25(26,27)28)14-21(20)30-24;1-22(2,3)33-21(32)30-12-10-29(11-13-30)19-7-5-4-6-16(19)20(31)28-18-9-8-15(14-17(18)27)23(24,25)26;1-16(2,3)22-15(21)18-10-8-17(9-11-18)13-7-5-4-6-12(13)14(19)20;8-7(9,10)4-1-2-5(11)6(12)3-4;1-5-3-6(2)9(8-5)4-7(10)11/h3-8,13-14H,9-12,15,29H2,1-2H3,(H,30,36);3-8,13-14H,9-12,15H2,1-2H3,(H,29,30);4-9,14H,10-13,27H2,1-3H3,(H,28,31);4-7H,8-11H2,1-3H3,(H,19,20);1-3H,11-12H2;3H,4H2,1-2H3,(H,10,11). The Morgan fingerprint density at radius 3 is 1.00 bits per heavy atom. The SMILES string of the molecule is CC(C)(C)OC(=O)N1CCN(c2ccccc2C(=O)Nc2ccc(C(F)(F)F)cc2N)CC1.CC(C)(C)OC(=O)N1CCN(c2ccccc2C(=O)O)CC1.Cc1cc(C)n(CC(=O)N2CCN(c3ccccc3-c3nc4ccc(C(F)(F)F)cc4[nH]3)CC2)n1.Cc1cc(C)n(CC(=O)N2CCN(c3ccccc3C(=O)Nc3ccc(C(F)(F)F)cc3N)CC2)n1.Cc1cc(C)n(CC(=O)O)n1.Nc1ccc(C(F)(F)F)cc1N. The molecule has 0 spiro atoms. The molecule has 4 aliphatic heterocycles. The fourth-order valence-corrected chi connectivity index (χ4v) is 16.3. The Morgan fingerprint density at radius 2 is 0.664 bits per heavy atom. The first-order valence-corrected chi connectivity index (χ1v) is 47.1. The lowest BCUT2D eigenvalue weighted by atomic mass is 10.1. The highest BCUT2D eigenvalue weighted by Gasteiger charge is 2.38. The number of anilines is 10. The largest absolute Gasteiger partial charge is 0.480 e. The van der Waals surface area contributed by atoms with Crippen LogP contribution in [0.1, 0.15) is 129 Å². The molecule has 0 bridgehead atoms. The van der Waals surface area contributed by atoms with Crippen molar-refractivity contribution in [3.63, 3.8) is 0 Å². The third-order valence-electron chi connectivity index (χ3n) is 23.7. The summed E-state index contributed by atoms with van der Waals surface area (Å²) in [4.78, 5) is 120. The number of carbonyl (C=O) groups excluding carboxylic acids is 6. The molecular formula is C103H118F12N22O12. The van der Waals surface area contributed by atoms with Gasteiger partial charge in [0.2, 0.25) is 11.8 Å². The van der Waals surface area contributed by atoms with Gasteiger partial charge in [-0.2, -0.15) is 68.0 Å². The van der Waals surface area contributed by atoms with Gasteiger partial charge in [0, 0.05) is 144 Å². The molecule has 149 heavy (non-hydrogen) atoms. The number of aryl methyl sites for hydroxylation is 6. The van der Waals surface area contributed by atoms with Crippen LogP contribution in [-0.2, 0) is 68.2 Å². The average molecular weight is 2080 g/mol. The molecule has 46 heteroatoms. The zero-order valence-electron chi connectivity index (χ0n) is 83.9. The number of halogens is 12. The lowest BCUT2D eigenvalue weighted by Crippen LogP contribution is -2.50. The first-order chi connectivity index (χ1) is 69.8. The number of nitrogens with two attached hydrogens (primary N) is 4. The van der Waals surface area contributed by atoms with Gasteiger partial charge >= 0.3 is 48.8 Å². The summed E-state index contributed by atoms with van der Waals surface area (Å²) in [5.74, 6) is -2.27. The van der Waals surface area contributed by atoms with Crippen LogP contribution in [0, 0.1) is 41.5 Å². The number of H-pyrrole nitrogens is 1. The minimum atomic E-state index is -4.52. The number of nitrogens with one attached hydrogen (secondary N) is 3. The third-order valence-corrected chi connectivity index (χ3v) is 23.7. The molecule has 13 N–H and O–H groups in total. The van der Waals surface area contributed by atoms with Crippen molar-refractivity contribution in [2.45, 2.75) is 139 Å². The normalized spacial score (nSPS) is 14.1. The number of aliphatic carboxylic acids is 1. The Morgan fingerprint density at radius 1 is 0.356 bits per heavy atom. The van der Waals surface area contributed by atoms with Crippen molar-refractivity contribution in [2.75, 3.05) is 158 Å². The molecule has 796 valence electrons. The first kappa shape index (κ1) is 113. The van der Waals surface area contributed by atoms with Gasteiger partial charge < -0.3 is 97.4 Å². The number of aromatic carboxylic acids is 1. The summed E-state index contributed by atoms with van der Waals surface area (Å²) < 4.78 is 168. The van der Waals surface area contributed by atoms with Crippen LogP contribution in [0.25, 0.3) is 22.4 Å². The highest BCUT2D eigenvalue weighted by Crippen LogP contribution is 2.40. The van der Waals surface area contributed by atoms with Gasteiger partial charge in [-0.05, 0) is 223 Å². The minimum Gasteiger partial charge on any atom is -0.480 e. The van der Waals surface area contributed by atoms with Gasteiger partial charge in [0.05, 0.1) is 107 Å². The number of alkyl halides is 12. The number of para-hydroxylation sites is 4. The van der Waals surface area contributed by atoms with Crippen LogP contribution in [0.15, 0.2) is 188 Å². The number of nitrogen functional groups attached to an aromatic ring is 4. The predicted octanol–water partition coefficient (Wildman–Crippen LogP) is 17.6. The summed E-state index contributed by atoms with van der Waals surface area (Å²) in [5.41, 5.74) is 28.4. The fourth-order valence-electron chi connectivity index (χ4n) is 16.3. The van der Waals surface area contributed by atoms with Crippen molar-refractivity contribution in [3.05, 3.63) is 261 Å². The summed E-state index contributed by atoms with van der Waals surface area (Å²) in [6.45, 7) is 31.0. The van der Waals surface area contributed by atoms with Crippen molar-refractivity contribution >= 4 is 116 Å². The number of amides is 6. The molecule has 0 saturated carbocycles. The molecule has 6 amide bonds. The quantitative estimate of drug-likeness (QED) is 0.0320. The molecule has 12 aromatic rings. The van der Waals surface area contributed by atoms with Crippen LogP contribution >= 0.6 is 0 Å². The molecule has 0 aliphatic carbocycles. The van der Waals surface area contributed by atoms with E-state index in [4.69, 9.17) is 37.5 Å². The van der Waals surface area contributed by atoms with E-state index >= 15 is 0 Å². The molecule has 34 nitrogen and oxygen atoms in total. The second kappa shape index (κ2) is 48.0. The minimum absolute atomic E-state index is 0.0235. The van der Waals surface area contributed by atoms with Crippen LogP contribution in [0.2, 0.25) is 0 Å². The Labute approximate surface area is 850 Å². The Hall–Kier alpha value is -16.2. The molecule has 4 aromatic heterocycles. The molecule has 8 heterocycles. The molecule has 0 radical (unpaired) electrons. The molecular weight excluding hydrogens is 1970 g/mol. The first-order valence-electron chi connectivity index (χ1n) is 47.1. The molecule has 0 unspecified atom stereocenters. The maximum Gasteiger partial charge on any atom is 0.416 e. The van der Waals surface area contributed by atoms with E-state index in [0.29, 0.717) is 150 Å². The number of aromatic nitrogens is 8. The van der Waals surface area contributed by atoms with Gasteiger partial charge in [0.15, 0.2) is 0 Å². The maximum absolute atomic E-state index is 13.1. The number of benzene rings is 8. The number of hydrogen-bond donors (Lipinski definition) is 9. The van der Waals surface area contributed by atoms with Crippen LogP contribution in [0.5, 0.6) is 0 Å². The molecule has 0 atom stereocenters. The number of aromatic amines is 1. The van der Waals surface area contributed by atoms with Gasteiger partial charge in [-0.15, -0.1) is 0 Å². The number of carboxylic acids is 2. The van der Waals surface area contributed by atoms with E-state index in [2.05, 4.69) is 40.8 Å². The number of imidazole rings is 1. The van der Waals surface area contributed by atoms with Crippen molar-refractivity contribution in [1.82, 2.24) is 58.9 Å². The average Bonchev–Trinajstić information content (AvgIpc) is 1.66. The number of ether oxygens (including phenoxy) is 2. The number of fused-ring (bicyclic) bond motifs is 1. The van der Waals surface area contributed by atoms with E-state index in [1.807, 2.05) is 130 Å². The van der Waals surface area contributed by atoms with E-state index < -0.39 is 81.9 Å². The zero-order valence-corrected chi connectivity index (χ0v) is 83.9.